The molecule has 208 valence electrons. The van der Waals surface area contributed by atoms with Crippen molar-refractivity contribution < 1.29 is 37.3 Å². The van der Waals surface area contributed by atoms with Crippen LogP contribution in [0, 0.1) is 18.6 Å². The fraction of sp³-hybridized carbons (Fsp3) is 0.286. The summed E-state index contributed by atoms with van der Waals surface area (Å²) in [5, 5.41) is 32.3. The van der Waals surface area contributed by atoms with Crippen molar-refractivity contribution in [3.05, 3.63) is 82.7 Å². The second kappa shape index (κ2) is 9.20. The van der Waals surface area contributed by atoms with Crippen molar-refractivity contribution in [1.82, 2.24) is 20.5 Å². The Kier molecular flexibility index (Phi) is 6.31. The normalized spacial score (nSPS) is 19.9. The molecular weight excluding hydrogens is 532 g/mol. The first-order chi connectivity index (χ1) is 18.7. The van der Waals surface area contributed by atoms with Crippen molar-refractivity contribution in [2.45, 2.75) is 43.9 Å². The van der Waals surface area contributed by atoms with Gasteiger partial charge in [0.25, 0.3) is 5.91 Å². The Morgan fingerprint density at radius 3 is 2.38 bits per heavy atom. The van der Waals surface area contributed by atoms with Crippen molar-refractivity contribution in [2.75, 3.05) is 7.11 Å². The van der Waals surface area contributed by atoms with E-state index in [1.54, 1.807) is 13.0 Å². The van der Waals surface area contributed by atoms with E-state index in [1.165, 1.54) is 45.2 Å². The van der Waals surface area contributed by atoms with Crippen LogP contribution >= 0.6 is 0 Å². The Balaban J connectivity index is 1.55. The predicted octanol–water partition coefficient (Wildman–Crippen LogP) is 4.15. The lowest BCUT2D eigenvalue weighted by Crippen LogP contribution is -2.32. The summed E-state index contributed by atoms with van der Waals surface area (Å²) in [5.41, 5.74) is -5.58. The highest BCUT2D eigenvalue weighted by Gasteiger charge is 2.83. The Hall–Kier alpha value is -4.16. The lowest BCUT2D eigenvalue weighted by molar-refractivity contribution is -0.0101. The van der Waals surface area contributed by atoms with Gasteiger partial charge in [0, 0.05) is 22.1 Å². The van der Waals surface area contributed by atoms with Crippen LogP contribution in [0.25, 0.3) is 22.2 Å². The molecule has 2 unspecified atom stereocenters. The number of carbonyl (C=O) groups is 1. The van der Waals surface area contributed by atoms with Crippen LogP contribution in [0.2, 0.25) is 0 Å². The minimum atomic E-state index is -3.91. The maximum Gasteiger partial charge on any atom is 0.307 e. The number of alkyl halides is 2. The zero-order valence-electron chi connectivity index (χ0n) is 21.8. The predicted molar refractivity (Wildman–Crippen MR) is 136 cm³/mol. The smallest absolute Gasteiger partial charge is 0.307 e. The molecule has 1 aliphatic rings. The van der Waals surface area contributed by atoms with Gasteiger partial charge >= 0.3 is 5.92 Å². The molecule has 40 heavy (non-hydrogen) atoms. The van der Waals surface area contributed by atoms with Crippen molar-refractivity contribution in [3.8, 4) is 17.0 Å². The number of hydrogen-bond donors (Lipinski definition) is 3. The number of ether oxygens (including phenoxy) is 1. The molecule has 0 aliphatic heterocycles. The number of carbonyl (C=O) groups excluding carboxylic acids is 1. The first-order valence-corrected chi connectivity index (χ1v) is 12.1. The summed E-state index contributed by atoms with van der Waals surface area (Å²) in [6, 6.07) is 7.49. The monoisotopic (exact) mass is 556 g/mol. The van der Waals surface area contributed by atoms with Crippen LogP contribution in [0.15, 0.2) is 48.5 Å². The van der Waals surface area contributed by atoms with Crippen LogP contribution < -0.4 is 10.1 Å². The molecule has 5 rings (SSSR count). The summed E-state index contributed by atoms with van der Waals surface area (Å²) in [6.07, 6.45) is 0. The quantitative estimate of drug-likeness (QED) is 0.306. The first kappa shape index (κ1) is 27.4. The van der Waals surface area contributed by atoms with E-state index in [9.17, 15) is 19.4 Å². The number of benzene rings is 2. The van der Waals surface area contributed by atoms with E-state index < -0.39 is 57.7 Å². The minimum Gasteiger partial charge on any atom is -0.494 e. The van der Waals surface area contributed by atoms with E-state index in [4.69, 9.17) is 4.74 Å². The second-order valence-corrected chi connectivity index (χ2v) is 10.2. The van der Waals surface area contributed by atoms with Gasteiger partial charge in [-0.1, -0.05) is 0 Å². The molecular formula is C28H24F4N4O4. The third-order valence-electron chi connectivity index (χ3n) is 6.86. The number of halogens is 4. The molecule has 0 spiro atoms. The number of aromatic nitrogens is 3. The number of hydrogen-bond acceptors (Lipinski definition) is 7. The lowest BCUT2D eigenvalue weighted by atomic mass is 9.94. The average Bonchev–Trinajstić information content (AvgIpc) is 3.33. The number of rotatable bonds is 6. The van der Waals surface area contributed by atoms with Crippen LogP contribution in [0.1, 0.15) is 41.2 Å². The van der Waals surface area contributed by atoms with Crippen LogP contribution in [0.4, 0.5) is 17.6 Å². The van der Waals surface area contributed by atoms with Gasteiger partial charge in [-0.05, 0) is 69.3 Å². The van der Waals surface area contributed by atoms with Gasteiger partial charge in [-0.2, -0.15) is 5.10 Å². The highest BCUT2D eigenvalue weighted by atomic mass is 19.3. The summed E-state index contributed by atoms with van der Waals surface area (Å²) in [7, 11) is 1.35. The molecule has 2 atom stereocenters. The summed E-state index contributed by atoms with van der Waals surface area (Å²) in [6.45, 7) is 4.16. The molecule has 4 aromatic rings. The van der Waals surface area contributed by atoms with Gasteiger partial charge in [0.15, 0.2) is 11.4 Å². The zero-order chi connectivity index (χ0) is 29.2. The SMILES string of the molecule is COc1cc(C(=O)NC2C(F)(F)C2(O)c2cc(C(C)(C)O)c(F)c(-c3ccc(F)cc3)n2)cc2cc(C)nnc12. The highest BCUT2D eigenvalue weighted by molar-refractivity contribution is 6.00. The van der Waals surface area contributed by atoms with Gasteiger partial charge < -0.3 is 20.3 Å². The van der Waals surface area contributed by atoms with Crippen molar-refractivity contribution >= 4 is 16.8 Å². The standard InChI is InChI=1S/C28H24F4N4O4/c1-13-9-15-10-16(11-19(40-4)22(15)36-35-13)24(37)34-25-27(39,28(25,31)32)20-12-18(26(2,3)38)21(30)23(33-20)14-5-7-17(29)8-6-14/h5-12,25,38-39H,1-4H3,(H,34,37). The van der Waals surface area contributed by atoms with Gasteiger partial charge in [-0.25, -0.2) is 22.5 Å². The molecule has 2 aromatic carbocycles. The summed E-state index contributed by atoms with van der Waals surface area (Å²) in [5.74, 6) is -6.32. The number of amides is 1. The number of nitrogens with zero attached hydrogens (tertiary/aromatic N) is 3. The van der Waals surface area contributed by atoms with E-state index in [1.807, 2.05) is 0 Å². The molecule has 0 bridgehead atoms. The maximum atomic E-state index is 15.4. The number of nitrogens with one attached hydrogen (secondary N) is 1. The van der Waals surface area contributed by atoms with E-state index in [2.05, 4.69) is 20.5 Å². The van der Waals surface area contributed by atoms with Gasteiger partial charge in [0.1, 0.15) is 28.8 Å². The molecule has 3 N–H and O–H groups in total. The number of methoxy groups -OCH3 is 1. The largest absolute Gasteiger partial charge is 0.494 e. The van der Waals surface area contributed by atoms with Crippen LogP contribution in [0.3, 0.4) is 0 Å². The van der Waals surface area contributed by atoms with E-state index in [0.29, 0.717) is 16.6 Å². The maximum absolute atomic E-state index is 15.4. The molecule has 0 saturated heterocycles. The molecule has 2 heterocycles. The van der Waals surface area contributed by atoms with Crippen molar-refractivity contribution in [2.24, 2.45) is 0 Å². The number of fused-ring (bicyclic) bond motifs is 1. The van der Waals surface area contributed by atoms with Crippen LogP contribution in [-0.2, 0) is 11.2 Å². The molecule has 1 fully saturated rings. The molecule has 8 nitrogen and oxygen atoms in total. The Morgan fingerprint density at radius 1 is 1.07 bits per heavy atom. The Morgan fingerprint density at radius 2 is 1.75 bits per heavy atom. The van der Waals surface area contributed by atoms with Crippen LogP contribution in [-0.4, -0.2) is 50.4 Å². The fourth-order valence-electron chi connectivity index (χ4n) is 4.60. The Bertz CT molecular complexity index is 1660. The molecule has 1 amide bonds. The van der Waals surface area contributed by atoms with Gasteiger partial charge in [0.05, 0.1) is 24.1 Å². The molecule has 12 heteroatoms. The average molecular weight is 557 g/mol. The van der Waals surface area contributed by atoms with E-state index in [-0.39, 0.29) is 16.9 Å². The van der Waals surface area contributed by atoms with Crippen molar-refractivity contribution in [1.29, 1.82) is 0 Å². The number of aryl methyl sites for hydroxylation is 1. The zero-order valence-corrected chi connectivity index (χ0v) is 21.8. The summed E-state index contributed by atoms with van der Waals surface area (Å²) in [4.78, 5) is 17.1. The third-order valence-corrected chi connectivity index (χ3v) is 6.86. The summed E-state index contributed by atoms with van der Waals surface area (Å²) < 4.78 is 64.6. The lowest BCUT2D eigenvalue weighted by Gasteiger charge is -2.22. The van der Waals surface area contributed by atoms with E-state index >= 15 is 13.2 Å². The number of aliphatic hydroxyl groups is 2. The second-order valence-electron chi connectivity index (χ2n) is 10.2. The molecule has 1 aliphatic carbocycles. The van der Waals surface area contributed by atoms with Crippen molar-refractivity contribution in [3.63, 3.8) is 0 Å². The number of pyridine rings is 1. The topological polar surface area (TPSA) is 117 Å². The first-order valence-electron chi connectivity index (χ1n) is 12.1. The Labute approximate surface area is 225 Å². The fourth-order valence-corrected chi connectivity index (χ4v) is 4.60. The third kappa shape index (κ3) is 4.33. The van der Waals surface area contributed by atoms with Crippen LogP contribution in [0.5, 0.6) is 5.75 Å². The van der Waals surface area contributed by atoms with Gasteiger partial charge in [-0.15, -0.1) is 5.10 Å². The minimum absolute atomic E-state index is 0.0288. The molecule has 0 radical (unpaired) electrons. The van der Waals surface area contributed by atoms with E-state index in [0.717, 1.165) is 18.2 Å². The summed E-state index contributed by atoms with van der Waals surface area (Å²) >= 11 is 0. The molecule has 1 saturated carbocycles. The highest BCUT2D eigenvalue weighted by Crippen LogP contribution is 2.59. The molecule has 2 aromatic heterocycles. The van der Waals surface area contributed by atoms with Gasteiger partial charge in [-0.3, -0.25) is 4.79 Å². The van der Waals surface area contributed by atoms with Gasteiger partial charge in [0.2, 0.25) is 0 Å².